The van der Waals surface area contributed by atoms with Gasteiger partial charge < -0.3 is 19.7 Å². The van der Waals surface area contributed by atoms with Gasteiger partial charge in [0.2, 0.25) is 0 Å². The number of halogens is 1. The molecule has 0 bridgehead atoms. The quantitative estimate of drug-likeness (QED) is 0.347. The van der Waals surface area contributed by atoms with Gasteiger partial charge in [0.15, 0.2) is 18.2 Å². The van der Waals surface area contributed by atoms with Crippen molar-refractivity contribution in [1.82, 2.24) is 4.90 Å². The van der Waals surface area contributed by atoms with Crippen LogP contribution in [0.4, 0.5) is 5.69 Å². The second-order valence-corrected chi connectivity index (χ2v) is 13.9. The number of ether oxygens (including phenoxy) is 2. The smallest absolute Gasteiger partial charge is 0.262 e. The van der Waals surface area contributed by atoms with E-state index in [1.165, 1.54) is 0 Å². The largest absolute Gasteiger partial charge is 0.495 e. The maximum Gasteiger partial charge on any atom is 0.262 e. The number of carbonyl (C=O) groups excluding carboxylic acids is 3. The fraction of sp³-hybridized carbons (Fsp3) is 0.441. The lowest BCUT2D eigenvalue weighted by molar-refractivity contribution is -0.120. The zero-order chi connectivity index (χ0) is 30.4. The van der Waals surface area contributed by atoms with Crippen LogP contribution in [0.2, 0.25) is 0 Å². The number of para-hydroxylation sites is 2. The van der Waals surface area contributed by atoms with E-state index in [0.29, 0.717) is 41.0 Å². The molecule has 3 aliphatic rings. The van der Waals surface area contributed by atoms with Gasteiger partial charge in [0, 0.05) is 47.8 Å². The molecule has 1 N–H and O–H groups in total. The van der Waals surface area contributed by atoms with E-state index < -0.39 is 5.92 Å². The fourth-order valence-electron chi connectivity index (χ4n) is 6.65. The highest BCUT2D eigenvalue weighted by molar-refractivity contribution is 9.10. The Balaban J connectivity index is 1.47. The molecule has 0 unspecified atom stereocenters. The summed E-state index contributed by atoms with van der Waals surface area (Å²) < 4.78 is 11.8. The fourth-order valence-corrected chi connectivity index (χ4v) is 7.16. The molecule has 1 heterocycles. The number of anilines is 1. The molecule has 0 saturated carbocycles. The van der Waals surface area contributed by atoms with Crippen LogP contribution >= 0.6 is 15.9 Å². The lowest BCUT2D eigenvalue weighted by Crippen LogP contribution is -2.44. The first-order valence-corrected chi connectivity index (χ1v) is 15.3. The standard InChI is InChI=1S/C34H39BrN2O5/c1-7-37-23-15-33(2,3)17-25(38)31(23)30(32-24(37)16-34(4,5)18-26(32)39)20-12-13-27(21(35)14-20)42-19-29(40)36-22-10-8-9-11-28(22)41-6/h8-14,30H,7,15-19H2,1-6H3,(H,36,40). The summed E-state index contributed by atoms with van der Waals surface area (Å²) in [6.45, 7) is 11.2. The maximum absolute atomic E-state index is 13.8. The van der Waals surface area contributed by atoms with Crippen LogP contribution in [0.15, 0.2) is 69.5 Å². The van der Waals surface area contributed by atoms with Crippen LogP contribution in [0, 0.1) is 10.8 Å². The summed E-state index contributed by atoms with van der Waals surface area (Å²) in [5, 5.41) is 2.81. The third-order valence-corrected chi connectivity index (χ3v) is 8.99. The van der Waals surface area contributed by atoms with E-state index in [1.54, 1.807) is 25.3 Å². The van der Waals surface area contributed by atoms with E-state index >= 15 is 0 Å². The predicted octanol–water partition coefficient (Wildman–Crippen LogP) is 7.18. The monoisotopic (exact) mass is 634 g/mol. The number of benzene rings is 2. The molecule has 5 rings (SSSR count). The van der Waals surface area contributed by atoms with Gasteiger partial charge in [-0.05, 0) is 76.4 Å². The summed E-state index contributed by atoms with van der Waals surface area (Å²) in [6, 6.07) is 12.8. The third-order valence-electron chi connectivity index (χ3n) is 8.37. The number of methoxy groups -OCH3 is 1. The number of nitrogens with one attached hydrogen (secondary N) is 1. The molecule has 222 valence electrons. The highest BCUT2D eigenvalue weighted by Gasteiger charge is 2.48. The summed E-state index contributed by atoms with van der Waals surface area (Å²) >= 11 is 3.63. The molecule has 1 amide bonds. The molecule has 2 aliphatic carbocycles. The minimum atomic E-state index is -0.427. The van der Waals surface area contributed by atoms with E-state index in [1.807, 2.05) is 24.3 Å². The zero-order valence-electron chi connectivity index (χ0n) is 25.2. The van der Waals surface area contributed by atoms with Crippen LogP contribution in [-0.4, -0.2) is 42.6 Å². The second-order valence-electron chi connectivity index (χ2n) is 13.0. The van der Waals surface area contributed by atoms with Gasteiger partial charge in [0.05, 0.1) is 17.3 Å². The van der Waals surface area contributed by atoms with Gasteiger partial charge in [-0.3, -0.25) is 14.4 Å². The van der Waals surface area contributed by atoms with E-state index in [0.717, 1.165) is 40.9 Å². The van der Waals surface area contributed by atoms with Crippen molar-refractivity contribution >= 4 is 39.1 Å². The van der Waals surface area contributed by atoms with Crippen LogP contribution < -0.4 is 14.8 Å². The number of allylic oxidation sites excluding steroid dienone is 4. The van der Waals surface area contributed by atoms with Crippen LogP contribution in [-0.2, 0) is 14.4 Å². The normalized spacial score (nSPS) is 19.8. The Kier molecular flexibility index (Phi) is 8.14. The number of amides is 1. The molecular weight excluding hydrogens is 596 g/mol. The summed E-state index contributed by atoms with van der Waals surface area (Å²) in [6.07, 6.45) is 2.47. The van der Waals surface area contributed by atoms with Gasteiger partial charge in [-0.15, -0.1) is 0 Å². The number of nitrogens with zero attached hydrogens (tertiary/aromatic N) is 1. The van der Waals surface area contributed by atoms with E-state index in [4.69, 9.17) is 9.47 Å². The Morgan fingerprint density at radius 1 is 0.929 bits per heavy atom. The third kappa shape index (κ3) is 5.78. The Labute approximate surface area is 256 Å². The van der Waals surface area contributed by atoms with Crippen molar-refractivity contribution < 1.29 is 23.9 Å². The maximum atomic E-state index is 13.8. The summed E-state index contributed by atoms with van der Waals surface area (Å²) in [5.74, 6) is 0.531. The molecule has 42 heavy (non-hydrogen) atoms. The van der Waals surface area contributed by atoms with Crippen LogP contribution in [0.3, 0.4) is 0 Å². The van der Waals surface area contributed by atoms with Gasteiger partial charge >= 0.3 is 0 Å². The van der Waals surface area contributed by atoms with Gasteiger partial charge in [-0.2, -0.15) is 0 Å². The Morgan fingerprint density at radius 2 is 1.52 bits per heavy atom. The van der Waals surface area contributed by atoms with E-state index in [9.17, 15) is 14.4 Å². The highest BCUT2D eigenvalue weighted by atomic mass is 79.9. The second kappa shape index (κ2) is 11.4. The van der Waals surface area contributed by atoms with E-state index in [-0.39, 0.29) is 34.9 Å². The van der Waals surface area contributed by atoms with Crippen molar-refractivity contribution in [3.63, 3.8) is 0 Å². The first-order chi connectivity index (χ1) is 19.8. The molecule has 0 saturated heterocycles. The van der Waals surface area contributed by atoms with Crippen LogP contribution in [0.25, 0.3) is 0 Å². The number of Topliss-reactive ketones (excluding diaryl/α,β-unsaturated/α-hetero) is 2. The minimum Gasteiger partial charge on any atom is -0.495 e. The molecule has 8 heteroatoms. The summed E-state index contributed by atoms with van der Waals surface area (Å²) in [4.78, 5) is 42.5. The molecule has 0 aromatic heterocycles. The SMILES string of the molecule is CCN1C2=C(C(=O)CC(C)(C)C2)C(c2ccc(OCC(=O)Nc3ccccc3OC)c(Br)c2)C2=C1CC(C)(C)CC2=O. The number of rotatable bonds is 7. The lowest BCUT2D eigenvalue weighted by atomic mass is 9.63. The van der Waals surface area contributed by atoms with Crippen molar-refractivity contribution in [2.75, 3.05) is 25.6 Å². The topological polar surface area (TPSA) is 84.9 Å². The molecular formula is C34H39BrN2O5. The Bertz CT molecular complexity index is 1470. The predicted molar refractivity (Wildman–Crippen MR) is 166 cm³/mol. The van der Waals surface area contributed by atoms with E-state index in [2.05, 4.69) is 60.8 Å². The van der Waals surface area contributed by atoms with Gasteiger partial charge in [-0.25, -0.2) is 0 Å². The van der Waals surface area contributed by atoms with Crippen molar-refractivity contribution in [2.45, 2.75) is 66.2 Å². The summed E-state index contributed by atoms with van der Waals surface area (Å²) in [7, 11) is 1.55. The van der Waals surface area contributed by atoms with Gasteiger partial charge in [-0.1, -0.05) is 45.9 Å². The molecule has 0 radical (unpaired) electrons. The van der Waals surface area contributed by atoms with Crippen molar-refractivity contribution in [2.24, 2.45) is 10.8 Å². The molecule has 2 aromatic carbocycles. The average Bonchev–Trinajstić information content (AvgIpc) is 2.90. The van der Waals surface area contributed by atoms with Crippen molar-refractivity contribution in [3.8, 4) is 11.5 Å². The Morgan fingerprint density at radius 3 is 2.07 bits per heavy atom. The number of carbonyl (C=O) groups is 3. The molecule has 2 aromatic rings. The number of ketones is 2. The first-order valence-electron chi connectivity index (χ1n) is 14.5. The van der Waals surface area contributed by atoms with Crippen LogP contribution in [0.1, 0.15) is 71.8 Å². The average molecular weight is 636 g/mol. The van der Waals surface area contributed by atoms with Gasteiger partial charge in [0.1, 0.15) is 11.5 Å². The molecule has 7 nitrogen and oxygen atoms in total. The van der Waals surface area contributed by atoms with Crippen LogP contribution in [0.5, 0.6) is 11.5 Å². The first kappa shape index (κ1) is 30.1. The lowest BCUT2D eigenvalue weighted by Gasteiger charge is -2.48. The molecule has 1 aliphatic heterocycles. The van der Waals surface area contributed by atoms with Crippen molar-refractivity contribution in [3.05, 3.63) is 75.0 Å². The number of hydrogen-bond donors (Lipinski definition) is 1. The molecule has 0 spiro atoms. The minimum absolute atomic E-state index is 0.110. The molecule has 0 atom stereocenters. The van der Waals surface area contributed by atoms with Crippen molar-refractivity contribution in [1.29, 1.82) is 0 Å². The highest BCUT2D eigenvalue weighted by Crippen LogP contribution is 2.54. The Hall–Kier alpha value is -3.39. The van der Waals surface area contributed by atoms with Gasteiger partial charge in [0.25, 0.3) is 5.91 Å². The summed E-state index contributed by atoms with van der Waals surface area (Å²) in [5.41, 5.74) is 4.74. The zero-order valence-corrected chi connectivity index (χ0v) is 26.8. The molecule has 0 fully saturated rings. The number of hydrogen-bond acceptors (Lipinski definition) is 6.